The third-order valence-corrected chi connectivity index (χ3v) is 4.46. The number of rotatable bonds is 3. The molecule has 110 valence electrons. The average Bonchev–Trinajstić information content (AvgIpc) is 3.09. The van der Waals surface area contributed by atoms with Crippen molar-refractivity contribution < 1.29 is 9.90 Å². The van der Waals surface area contributed by atoms with Crippen LogP contribution in [0.3, 0.4) is 0 Å². The first-order valence-electron chi connectivity index (χ1n) is 6.92. The summed E-state index contributed by atoms with van der Waals surface area (Å²) in [5, 5.41) is 13.1. The summed E-state index contributed by atoms with van der Waals surface area (Å²) in [4.78, 5) is 20.5. The summed E-state index contributed by atoms with van der Waals surface area (Å²) >= 11 is 1.60. The van der Waals surface area contributed by atoms with Crippen molar-refractivity contribution in [2.75, 3.05) is 31.1 Å². The summed E-state index contributed by atoms with van der Waals surface area (Å²) in [5.74, 6) is -0.222. The van der Waals surface area contributed by atoms with Gasteiger partial charge in [-0.25, -0.2) is 4.98 Å². The SMILES string of the molecule is O=C(C(O)c1ccccc1)N1CCN(c2nccs2)CC1. The zero-order chi connectivity index (χ0) is 14.7. The van der Waals surface area contributed by atoms with Crippen LogP contribution in [0, 0.1) is 0 Å². The van der Waals surface area contributed by atoms with Gasteiger partial charge in [-0.3, -0.25) is 4.79 Å². The van der Waals surface area contributed by atoms with E-state index in [0.717, 1.165) is 18.2 Å². The maximum Gasteiger partial charge on any atom is 0.256 e. The number of benzene rings is 1. The Balaban J connectivity index is 1.60. The zero-order valence-corrected chi connectivity index (χ0v) is 12.4. The van der Waals surface area contributed by atoms with Crippen LogP contribution in [-0.4, -0.2) is 47.1 Å². The summed E-state index contributed by atoms with van der Waals surface area (Å²) in [6.45, 7) is 2.73. The molecule has 1 amide bonds. The van der Waals surface area contributed by atoms with Crippen LogP contribution in [0.25, 0.3) is 0 Å². The van der Waals surface area contributed by atoms with Gasteiger partial charge in [0.05, 0.1) is 0 Å². The van der Waals surface area contributed by atoms with Gasteiger partial charge in [0.2, 0.25) is 0 Å². The zero-order valence-electron chi connectivity index (χ0n) is 11.6. The molecule has 1 N–H and O–H groups in total. The maximum atomic E-state index is 12.3. The average molecular weight is 303 g/mol. The number of carbonyl (C=O) groups is 1. The minimum atomic E-state index is -1.07. The monoisotopic (exact) mass is 303 g/mol. The van der Waals surface area contributed by atoms with E-state index in [4.69, 9.17) is 0 Å². The van der Waals surface area contributed by atoms with Crippen LogP contribution in [0.2, 0.25) is 0 Å². The number of carbonyl (C=O) groups excluding carboxylic acids is 1. The summed E-state index contributed by atoms with van der Waals surface area (Å²) in [7, 11) is 0. The number of amides is 1. The Kier molecular flexibility index (Phi) is 4.17. The standard InChI is InChI=1S/C15H17N3O2S/c19-13(12-4-2-1-3-5-12)14(20)17-7-9-18(10-8-17)15-16-6-11-21-15/h1-6,11,13,19H,7-10H2. The second-order valence-corrected chi connectivity index (χ2v) is 5.81. The first kappa shape index (κ1) is 14.0. The number of aliphatic hydroxyl groups is 1. The number of hydrogen-bond acceptors (Lipinski definition) is 5. The number of hydrogen-bond donors (Lipinski definition) is 1. The highest BCUT2D eigenvalue weighted by Crippen LogP contribution is 2.21. The molecule has 1 fully saturated rings. The van der Waals surface area contributed by atoms with Crippen molar-refractivity contribution in [2.24, 2.45) is 0 Å². The summed E-state index contributed by atoms with van der Waals surface area (Å²) in [6.07, 6.45) is 0.717. The molecule has 1 unspecified atom stereocenters. The third kappa shape index (κ3) is 3.06. The Hall–Kier alpha value is -1.92. The number of nitrogens with zero attached hydrogens (tertiary/aromatic N) is 3. The lowest BCUT2D eigenvalue weighted by atomic mass is 10.1. The molecule has 3 rings (SSSR count). The molecule has 0 saturated carbocycles. The van der Waals surface area contributed by atoms with Crippen molar-refractivity contribution in [3.63, 3.8) is 0 Å². The summed E-state index contributed by atoms with van der Waals surface area (Å²) in [5.41, 5.74) is 0.643. The fourth-order valence-corrected chi connectivity index (χ4v) is 3.14. The molecule has 2 heterocycles. The molecule has 21 heavy (non-hydrogen) atoms. The molecule has 0 radical (unpaired) electrons. The van der Waals surface area contributed by atoms with Crippen molar-refractivity contribution in [3.8, 4) is 0 Å². The molecular weight excluding hydrogens is 286 g/mol. The van der Waals surface area contributed by atoms with Gasteiger partial charge in [0.15, 0.2) is 11.2 Å². The molecule has 1 aliphatic heterocycles. The van der Waals surface area contributed by atoms with Crippen molar-refractivity contribution >= 4 is 22.4 Å². The van der Waals surface area contributed by atoms with Crippen LogP contribution >= 0.6 is 11.3 Å². The van der Waals surface area contributed by atoms with Gasteiger partial charge in [-0.15, -0.1) is 11.3 Å². The minimum Gasteiger partial charge on any atom is -0.378 e. The number of piperazine rings is 1. The van der Waals surface area contributed by atoms with Crippen LogP contribution in [0.4, 0.5) is 5.13 Å². The highest BCUT2D eigenvalue weighted by molar-refractivity contribution is 7.13. The molecule has 0 spiro atoms. The van der Waals surface area contributed by atoms with Crippen molar-refractivity contribution in [3.05, 3.63) is 47.5 Å². The number of aliphatic hydroxyl groups excluding tert-OH is 1. The molecule has 0 aliphatic carbocycles. The Morgan fingerprint density at radius 3 is 2.52 bits per heavy atom. The quantitative estimate of drug-likeness (QED) is 0.934. The van der Waals surface area contributed by atoms with E-state index in [-0.39, 0.29) is 5.91 Å². The molecule has 6 heteroatoms. The van der Waals surface area contributed by atoms with E-state index in [0.29, 0.717) is 18.7 Å². The second-order valence-electron chi connectivity index (χ2n) is 4.94. The van der Waals surface area contributed by atoms with E-state index in [1.54, 1.807) is 34.6 Å². The van der Waals surface area contributed by atoms with Crippen molar-refractivity contribution in [1.82, 2.24) is 9.88 Å². The van der Waals surface area contributed by atoms with Crippen molar-refractivity contribution in [2.45, 2.75) is 6.10 Å². The normalized spacial score (nSPS) is 16.8. The Morgan fingerprint density at radius 1 is 1.19 bits per heavy atom. The highest BCUT2D eigenvalue weighted by atomic mass is 32.1. The van der Waals surface area contributed by atoms with Crippen molar-refractivity contribution in [1.29, 1.82) is 0 Å². The number of anilines is 1. The Labute approximate surface area is 127 Å². The summed E-state index contributed by atoms with van der Waals surface area (Å²) < 4.78 is 0. The van der Waals surface area contributed by atoms with Gasteiger partial charge in [0, 0.05) is 37.8 Å². The molecule has 1 aromatic carbocycles. The molecule has 1 aliphatic rings. The van der Waals surface area contributed by atoms with E-state index in [9.17, 15) is 9.90 Å². The molecule has 5 nitrogen and oxygen atoms in total. The molecule has 0 bridgehead atoms. The smallest absolute Gasteiger partial charge is 0.256 e. The maximum absolute atomic E-state index is 12.3. The number of aromatic nitrogens is 1. The first-order valence-corrected chi connectivity index (χ1v) is 7.80. The third-order valence-electron chi connectivity index (χ3n) is 3.63. The largest absolute Gasteiger partial charge is 0.378 e. The fourth-order valence-electron chi connectivity index (χ4n) is 2.44. The lowest BCUT2D eigenvalue weighted by Crippen LogP contribution is -2.50. The van der Waals surface area contributed by atoms with Gasteiger partial charge in [-0.2, -0.15) is 0 Å². The van der Waals surface area contributed by atoms with Crippen LogP contribution in [0.1, 0.15) is 11.7 Å². The second kappa shape index (κ2) is 6.24. The predicted octanol–water partition coefficient (Wildman–Crippen LogP) is 1.53. The van der Waals surface area contributed by atoms with Gasteiger partial charge in [0.25, 0.3) is 5.91 Å². The minimum absolute atomic E-state index is 0.222. The van der Waals surface area contributed by atoms with Gasteiger partial charge >= 0.3 is 0 Å². The molecular formula is C15H17N3O2S. The van der Waals surface area contributed by atoms with Gasteiger partial charge in [0.1, 0.15) is 0 Å². The van der Waals surface area contributed by atoms with Crippen LogP contribution < -0.4 is 4.90 Å². The van der Waals surface area contributed by atoms with E-state index in [2.05, 4.69) is 9.88 Å². The lowest BCUT2D eigenvalue weighted by Gasteiger charge is -2.35. The molecule has 1 saturated heterocycles. The fraction of sp³-hybridized carbons (Fsp3) is 0.333. The van der Waals surface area contributed by atoms with Gasteiger partial charge in [-0.05, 0) is 5.56 Å². The molecule has 1 atom stereocenters. The van der Waals surface area contributed by atoms with E-state index >= 15 is 0 Å². The lowest BCUT2D eigenvalue weighted by molar-refractivity contribution is -0.140. The van der Waals surface area contributed by atoms with Gasteiger partial charge < -0.3 is 14.9 Å². The van der Waals surface area contributed by atoms with Crippen LogP contribution in [-0.2, 0) is 4.79 Å². The van der Waals surface area contributed by atoms with Crippen LogP contribution in [0.5, 0.6) is 0 Å². The highest BCUT2D eigenvalue weighted by Gasteiger charge is 2.27. The Morgan fingerprint density at radius 2 is 1.90 bits per heavy atom. The van der Waals surface area contributed by atoms with Crippen LogP contribution in [0.15, 0.2) is 41.9 Å². The Bertz CT molecular complexity index is 580. The molecule has 1 aromatic heterocycles. The predicted molar refractivity (Wildman–Crippen MR) is 82.3 cm³/mol. The van der Waals surface area contributed by atoms with E-state index in [1.165, 1.54) is 0 Å². The van der Waals surface area contributed by atoms with E-state index < -0.39 is 6.10 Å². The first-order chi connectivity index (χ1) is 10.3. The summed E-state index contributed by atoms with van der Waals surface area (Å²) in [6, 6.07) is 9.06. The number of thiazole rings is 1. The molecule has 2 aromatic rings. The van der Waals surface area contributed by atoms with Gasteiger partial charge in [-0.1, -0.05) is 30.3 Å². The van der Waals surface area contributed by atoms with E-state index in [1.807, 2.05) is 23.6 Å². The topological polar surface area (TPSA) is 56.7 Å².